The highest BCUT2D eigenvalue weighted by Gasteiger charge is 2.20. The average Bonchev–Trinajstić information content (AvgIpc) is 3.44. The Kier molecular flexibility index (Phi) is 6.04. The number of benzene rings is 2. The van der Waals surface area contributed by atoms with Gasteiger partial charge in [-0.2, -0.15) is 0 Å². The third kappa shape index (κ3) is 4.19. The second kappa shape index (κ2) is 9.25. The summed E-state index contributed by atoms with van der Waals surface area (Å²) < 4.78 is 13.6. The molecule has 166 valence electrons. The van der Waals surface area contributed by atoms with E-state index in [0.29, 0.717) is 6.04 Å². The number of thiazole rings is 1. The molecule has 6 heteroatoms. The van der Waals surface area contributed by atoms with Crippen LogP contribution in [0.1, 0.15) is 37.7 Å². The molecule has 0 radical (unpaired) electrons. The highest BCUT2D eigenvalue weighted by molar-refractivity contribution is 7.14. The number of methoxy groups -OCH3 is 2. The first kappa shape index (κ1) is 20.9. The van der Waals surface area contributed by atoms with Crippen molar-refractivity contribution < 1.29 is 9.47 Å². The quantitative estimate of drug-likeness (QED) is 0.348. The van der Waals surface area contributed by atoms with Gasteiger partial charge in [-0.25, -0.2) is 4.98 Å². The number of fused-ring (bicyclic) bond motifs is 1. The van der Waals surface area contributed by atoms with Gasteiger partial charge in [0.15, 0.2) is 5.13 Å². The number of nitrogens with one attached hydrogen (secondary N) is 1. The molecule has 2 aromatic heterocycles. The van der Waals surface area contributed by atoms with E-state index in [4.69, 9.17) is 14.5 Å². The topological polar surface area (TPSA) is 48.3 Å². The van der Waals surface area contributed by atoms with E-state index in [-0.39, 0.29) is 0 Å². The summed E-state index contributed by atoms with van der Waals surface area (Å²) in [5, 5.41) is 7.88. The molecule has 0 atom stereocenters. The lowest BCUT2D eigenvalue weighted by Crippen LogP contribution is -2.21. The molecular weight excluding hydrogens is 418 g/mol. The first-order chi connectivity index (χ1) is 15.7. The van der Waals surface area contributed by atoms with E-state index in [1.54, 1.807) is 25.6 Å². The van der Waals surface area contributed by atoms with E-state index in [2.05, 4.69) is 51.8 Å². The summed E-state index contributed by atoms with van der Waals surface area (Å²) in [6, 6.07) is 15.1. The number of hydrogen-bond acceptors (Lipinski definition) is 5. The normalized spacial score (nSPS) is 14.6. The van der Waals surface area contributed by atoms with Gasteiger partial charge in [-0.1, -0.05) is 49.6 Å². The van der Waals surface area contributed by atoms with Crippen LogP contribution in [0, 0.1) is 0 Å². The largest absolute Gasteiger partial charge is 0.497 e. The number of hydrogen-bond donors (Lipinski definition) is 1. The van der Waals surface area contributed by atoms with Crippen molar-refractivity contribution in [3.05, 3.63) is 59.6 Å². The minimum atomic E-state index is 0.543. The Bertz CT molecular complexity index is 1190. The van der Waals surface area contributed by atoms with Gasteiger partial charge in [0, 0.05) is 41.9 Å². The fraction of sp³-hybridized carbons (Fsp3) is 0.346. The summed E-state index contributed by atoms with van der Waals surface area (Å²) in [5.41, 5.74) is 4.39. The molecule has 0 amide bonds. The molecular formula is C26H29N3O2S. The van der Waals surface area contributed by atoms with Crippen LogP contribution in [-0.4, -0.2) is 29.8 Å². The van der Waals surface area contributed by atoms with Gasteiger partial charge in [0.2, 0.25) is 0 Å². The maximum Gasteiger partial charge on any atom is 0.183 e. The Morgan fingerprint density at radius 3 is 2.62 bits per heavy atom. The number of aromatic nitrogens is 2. The second-order valence-electron chi connectivity index (χ2n) is 8.40. The fourth-order valence-electron chi connectivity index (χ4n) is 4.63. The lowest BCUT2D eigenvalue weighted by molar-refractivity contribution is 0.398. The number of ether oxygens (including phenoxy) is 2. The molecule has 1 aliphatic carbocycles. The third-order valence-electron chi connectivity index (χ3n) is 6.28. The van der Waals surface area contributed by atoms with Crippen LogP contribution in [0.25, 0.3) is 22.2 Å². The van der Waals surface area contributed by atoms with Crippen LogP contribution in [0.15, 0.2) is 54.0 Å². The second-order valence-corrected chi connectivity index (χ2v) is 9.26. The van der Waals surface area contributed by atoms with Gasteiger partial charge in [-0.15, -0.1) is 11.3 Å². The van der Waals surface area contributed by atoms with E-state index in [1.807, 2.05) is 12.1 Å². The van der Waals surface area contributed by atoms with Gasteiger partial charge < -0.3 is 19.4 Å². The van der Waals surface area contributed by atoms with Crippen molar-refractivity contribution in [2.24, 2.45) is 0 Å². The van der Waals surface area contributed by atoms with Gasteiger partial charge in [-0.3, -0.25) is 0 Å². The molecule has 5 rings (SSSR count). The monoisotopic (exact) mass is 447 g/mol. The summed E-state index contributed by atoms with van der Waals surface area (Å²) in [6.45, 7) is 0.769. The first-order valence-corrected chi connectivity index (χ1v) is 12.1. The van der Waals surface area contributed by atoms with Gasteiger partial charge in [-0.05, 0) is 18.4 Å². The van der Waals surface area contributed by atoms with E-state index >= 15 is 0 Å². The molecule has 2 heterocycles. The Labute approximate surface area is 193 Å². The van der Waals surface area contributed by atoms with Crippen LogP contribution >= 0.6 is 11.3 Å². The van der Waals surface area contributed by atoms with Gasteiger partial charge in [0.25, 0.3) is 0 Å². The molecule has 5 nitrogen and oxygen atoms in total. The molecule has 0 saturated heterocycles. The molecule has 1 N–H and O–H groups in total. The first-order valence-electron chi connectivity index (χ1n) is 11.3. The molecule has 1 saturated carbocycles. The van der Waals surface area contributed by atoms with Crippen LogP contribution in [0.2, 0.25) is 0 Å². The fourth-order valence-corrected chi connectivity index (χ4v) is 5.42. The van der Waals surface area contributed by atoms with E-state index < -0.39 is 0 Å². The molecule has 4 aromatic rings. The predicted octanol–water partition coefficient (Wildman–Crippen LogP) is 6.57. The van der Waals surface area contributed by atoms with Crippen LogP contribution in [0.4, 0.5) is 5.13 Å². The van der Waals surface area contributed by atoms with Gasteiger partial charge in [0.1, 0.15) is 11.5 Å². The van der Waals surface area contributed by atoms with Crippen LogP contribution in [0.3, 0.4) is 0 Å². The van der Waals surface area contributed by atoms with Crippen LogP contribution in [0.5, 0.6) is 11.5 Å². The number of anilines is 1. The Morgan fingerprint density at radius 2 is 1.88 bits per heavy atom. The minimum absolute atomic E-state index is 0.543. The van der Waals surface area contributed by atoms with Gasteiger partial charge in [0.05, 0.1) is 30.8 Å². The summed E-state index contributed by atoms with van der Waals surface area (Å²) >= 11 is 1.68. The maximum absolute atomic E-state index is 5.79. The Hall–Kier alpha value is -2.99. The highest BCUT2D eigenvalue weighted by Crippen LogP contribution is 2.41. The third-order valence-corrected chi connectivity index (χ3v) is 7.06. The maximum atomic E-state index is 5.79. The van der Waals surface area contributed by atoms with Crippen molar-refractivity contribution in [2.45, 2.75) is 44.7 Å². The van der Waals surface area contributed by atoms with Crippen molar-refractivity contribution in [2.75, 3.05) is 19.5 Å². The SMILES string of the molecule is COc1cc(OC)c2c(-c3csc(NC4CCCCC4)n3)cn(Cc3ccccc3)c2c1. The van der Waals surface area contributed by atoms with E-state index in [1.165, 1.54) is 37.7 Å². The lowest BCUT2D eigenvalue weighted by Gasteiger charge is -2.22. The average molecular weight is 448 g/mol. The molecule has 2 aromatic carbocycles. The zero-order chi connectivity index (χ0) is 21.9. The molecule has 0 spiro atoms. The van der Waals surface area contributed by atoms with Crippen molar-refractivity contribution >= 4 is 27.4 Å². The smallest absolute Gasteiger partial charge is 0.183 e. The van der Waals surface area contributed by atoms with E-state index in [0.717, 1.165) is 45.3 Å². The summed E-state index contributed by atoms with van der Waals surface area (Å²) in [6.07, 6.45) is 8.63. The molecule has 1 fully saturated rings. The predicted molar refractivity (Wildman–Crippen MR) is 132 cm³/mol. The lowest BCUT2D eigenvalue weighted by atomic mass is 9.96. The number of nitrogens with zero attached hydrogens (tertiary/aromatic N) is 2. The molecule has 32 heavy (non-hydrogen) atoms. The van der Waals surface area contributed by atoms with Crippen molar-refractivity contribution in [1.29, 1.82) is 0 Å². The van der Waals surface area contributed by atoms with Crippen molar-refractivity contribution in [3.63, 3.8) is 0 Å². The zero-order valence-electron chi connectivity index (χ0n) is 18.6. The van der Waals surface area contributed by atoms with Gasteiger partial charge >= 0.3 is 0 Å². The van der Waals surface area contributed by atoms with Crippen LogP contribution in [-0.2, 0) is 6.54 Å². The molecule has 0 aliphatic heterocycles. The van der Waals surface area contributed by atoms with E-state index in [9.17, 15) is 0 Å². The Balaban J connectivity index is 1.56. The molecule has 0 bridgehead atoms. The molecule has 0 unspecified atom stereocenters. The van der Waals surface area contributed by atoms with Crippen LogP contribution < -0.4 is 14.8 Å². The summed E-state index contributed by atoms with van der Waals surface area (Å²) in [4.78, 5) is 4.97. The zero-order valence-corrected chi connectivity index (χ0v) is 19.5. The highest BCUT2D eigenvalue weighted by atomic mass is 32.1. The Morgan fingerprint density at radius 1 is 1.06 bits per heavy atom. The standard InChI is InChI=1S/C26H29N3O2S/c1-30-20-13-23-25(24(14-20)31-2)21(16-29(23)15-18-9-5-3-6-10-18)22-17-32-26(28-22)27-19-11-7-4-8-12-19/h3,5-6,9-10,13-14,16-17,19H,4,7-8,11-12,15H2,1-2H3,(H,27,28). The van der Waals surface area contributed by atoms with Crippen molar-refractivity contribution in [3.8, 4) is 22.8 Å². The molecule has 1 aliphatic rings. The summed E-state index contributed by atoms with van der Waals surface area (Å²) in [5.74, 6) is 1.59. The minimum Gasteiger partial charge on any atom is -0.497 e. The summed E-state index contributed by atoms with van der Waals surface area (Å²) in [7, 11) is 3.40. The van der Waals surface area contributed by atoms with Crippen molar-refractivity contribution in [1.82, 2.24) is 9.55 Å². The number of rotatable bonds is 7.